The number of phosphoric acid groups is 2. The van der Waals surface area contributed by atoms with Gasteiger partial charge in [0.2, 0.25) is 0 Å². The summed E-state index contributed by atoms with van der Waals surface area (Å²) in [5.41, 5.74) is 0. The maximum atomic E-state index is 13.1. The maximum absolute atomic E-state index is 13.1. The first kappa shape index (κ1) is 96.1. The molecule has 0 amide bonds. The molecule has 0 saturated heterocycles. The molecule has 0 aromatic rings. The van der Waals surface area contributed by atoms with Crippen LogP contribution < -0.4 is 0 Å². The van der Waals surface area contributed by atoms with E-state index in [1.54, 1.807) is 0 Å². The van der Waals surface area contributed by atoms with Crippen molar-refractivity contribution in [3.63, 3.8) is 0 Å². The van der Waals surface area contributed by atoms with Crippen molar-refractivity contribution in [1.82, 2.24) is 0 Å². The molecule has 0 aromatic heterocycles. The normalized spacial score (nSPS) is 14.0. The second-order valence-electron chi connectivity index (χ2n) is 29.9. The quantitative estimate of drug-likeness (QED) is 0.0222. The smallest absolute Gasteiger partial charge is 0.462 e. The summed E-state index contributed by atoms with van der Waals surface area (Å²) in [6, 6.07) is 0. The van der Waals surface area contributed by atoms with Crippen LogP contribution in [0.3, 0.4) is 0 Å². The van der Waals surface area contributed by atoms with Gasteiger partial charge in [-0.25, -0.2) is 9.13 Å². The van der Waals surface area contributed by atoms with Gasteiger partial charge in [0.15, 0.2) is 12.2 Å². The number of esters is 4. The average Bonchev–Trinajstić information content (AvgIpc) is 0.995. The highest BCUT2D eigenvalue weighted by Crippen LogP contribution is 2.45. The number of aliphatic hydroxyl groups is 1. The fourth-order valence-electron chi connectivity index (χ4n) is 12.1. The van der Waals surface area contributed by atoms with Crippen LogP contribution in [0, 0.1) is 17.8 Å². The number of hydrogen-bond acceptors (Lipinski definition) is 15. The first-order chi connectivity index (χ1) is 47.2. The van der Waals surface area contributed by atoms with Crippen LogP contribution >= 0.6 is 15.6 Å². The lowest BCUT2D eigenvalue weighted by atomic mass is 10.0. The van der Waals surface area contributed by atoms with Crippen LogP contribution in [0.15, 0.2) is 0 Å². The molecular formula is C79H154O17P2. The molecule has 19 heteroatoms. The summed E-state index contributed by atoms with van der Waals surface area (Å²) >= 11 is 0. The van der Waals surface area contributed by atoms with E-state index in [2.05, 4.69) is 48.5 Å². The molecule has 3 N–H and O–H groups in total. The molecule has 5 atom stereocenters. The number of hydrogen-bond donors (Lipinski definition) is 3. The molecule has 0 bridgehead atoms. The maximum Gasteiger partial charge on any atom is 0.472 e. The number of rotatable bonds is 77. The molecule has 0 aromatic carbocycles. The summed E-state index contributed by atoms with van der Waals surface area (Å²) in [7, 11) is -9.91. The van der Waals surface area contributed by atoms with Crippen molar-refractivity contribution in [1.29, 1.82) is 0 Å². The van der Waals surface area contributed by atoms with Gasteiger partial charge < -0.3 is 33.8 Å². The first-order valence-corrected chi connectivity index (χ1v) is 43.8. The second-order valence-corrected chi connectivity index (χ2v) is 32.8. The molecule has 0 aliphatic rings. The third kappa shape index (κ3) is 72.4. The van der Waals surface area contributed by atoms with Crippen molar-refractivity contribution in [3.8, 4) is 0 Å². The highest BCUT2D eigenvalue weighted by molar-refractivity contribution is 7.47. The molecule has 17 nitrogen and oxygen atoms in total. The highest BCUT2D eigenvalue weighted by atomic mass is 31.2. The second kappa shape index (κ2) is 69.4. The standard InChI is InChI=1S/C79H154O17P2/c1-8-9-10-11-12-13-14-15-16-17-18-19-20-21-22-23-26-30-33-39-48-55-62-78(83)95-74(66-89-76(81)60-53-46-38-32-29-27-24-25-28-31-36-43-50-57-70(2)3)68-93-97(85,86)91-64-73(80)65-92-98(87,88)94-69-75(67-90-77(82)61-54-47-42-41-45-52-59-72(6)7)96-79(84)63-56-49-40-35-34-37-44-51-58-71(4)5/h70-75,80H,8-69H2,1-7H3,(H,85,86)(H,87,88)/t73-,74-,75-/m1/s1. The van der Waals surface area contributed by atoms with E-state index in [1.807, 2.05) is 0 Å². The van der Waals surface area contributed by atoms with Crippen molar-refractivity contribution in [2.75, 3.05) is 39.6 Å². The molecule has 2 unspecified atom stereocenters. The van der Waals surface area contributed by atoms with Crippen molar-refractivity contribution in [2.24, 2.45) is 17.8 Å². The van der Waals surface area contributed by atoms with Crippen LogP contribution in [0.2, 0.25) is 0 Å². The summed E-state index contributed by atoms with van der Waals surface area (Å²) in [5.74, 6) is 0.0688. The van der Waals surface area contributed by atoms with Crippen molar-refractivity contribution < 1.29 is 80.2 Å². The molecule has 98 heavy (non-hydrogen) atoms. The lowest BCUT2D eigenvalue weighted by Gasteiger charge is -2.21. The van der Waals surface area contributed by atoms with Gasteiger partial charge in [0.05, 0.1) is 26.4 Å². The van der Waals surface area contributed by atoms with Gasteiger partial charge in [0.25, 0.3) is 0 Å². The van der Waals surface area contributed by atoms with E-state index in [9.17, 15) is 43.2 Å². The van der Waals surface area contributed by atoms with Gasteiger partial charge in [-0.15, -0.1) is 0 Å². The Hall–Kier alpha value is -1.94. The van der Waals surface area contributed by atoms with Crippen LogP contribution in [0.4, 0.5) is 0 Å². The molecule has 0 fully saturated rings. The SMILES string of the molecule is CCCCCCCCCCCCCCCCCCCCCCCCC(=O)O[C@H](COC(=O)CCCCCCCCCCCCCCCC(C)C)COP(=O)(O)OC[C@@H](O)COP(=O)(O)OC[C@@H](COC(=O)CCCCCCCCC(C)C)OC(=O)CCCCCCCCCCC(C)C. The molecular weight excluding hydrogens is 1280 g/mol. The van der Waals surface area contributed by atoms with Crippen LogP contribution in [0.25, 0.3) is 0 Å². The Bertz CT molecular complexity index is 1900. The van der Waals surface area contributed by atoms with E-state index in [0.29, 0.717) is 31.6 Å². The number of carbonyl (C=O) groups is 4. The van der Waals surface area contributed by atoms with Gasteiger partial charge in [0, 0.05) is 25.7 Å². The minimum atomic E-state index is -4.96. The zero-order chi connectivity index (χ0) is 72.3. The zero-order valence-corrected chi connectivity index (χ0v) is 66.0. The first-order valence-electron chi connectivity index (χ1n) is 40.8. The van der Waals surface area contributed by atoms with E-state index in [1.165, 1.54) is 212 Å². The molecule has 0 aliphatic heterocycles. The van der Waals surface area contributed by atoms with Crippen molar-refractivity contribution >= 4 is 39.5 Å². The number of unbranched alkanes of at least 4 members (excludes halogenated alkanes) is 45. The molecule has 0 radical (unpaired) electrons. The Labute approximate surface area is 600 Å². The predicted molar refractivity (Wildman–Crippen MR) is 400 cm³/mol. The third-order valence-corrected chi connectivity index (χ3v) is 20.3. The largest absolute Gasteiger partial charge is 0.472 e. The van der Waals surface area contributed by atoms with E-state index in [0.717, 1.165) is 108 Å². The van der Waals surface area contributed by atoms with Gasteiger partial charge in [-0.2, -0.15) is 0 Å². The molecule has 0 spiro atoms. The predicted octanol–water partition coefficient (Wildman–Crippen LogP) is 23.4. The van der Waals surface area contributed by atoms with E-state index >= 15 is 0 Å². The van der Waals surface area contributed by atoms with Crippen LogP contribution in [0.5, 0.6) is 0 Å². The average molecular weight is 1440 g/mol. The number of phosphoric ester groups is 2. The summed E-state index contributed by atoms with van der Waals surface area (Å²) in [5, 5.41) is 10.6. The van der Waals surface area contributed by atoms with Gasteiger partial charge in [-0.05, 0) is 43.4 Å². The highest BCUT2D eigenvalue weighted by Gasteiger charge is 2.30. The van der Waals surface area contributed by atoms with Crippen LogP contribution in [-0.4, -0.2) is 96.7 Å². The van der Waals surface area contributed by atoms with Gasteiger partial charge >= 0.3 is 39.5 Å². The summed E-state index contributed by atoms with van der Waals surface area (Å²) in [6.45, 7) is 11.8. The fourth-order valence-corrected chi connectivity index (χ4v) is 13.7. The summed E-state index contributed by atoms with van der Waals surface area (Å²) in [6.07, 6.45) is 57.3. The third-order valence-electron chi connectivity index (χ3n) is 18.4. The minimum absolute atomic E-state index is 0.103. The molecule has 582 valence electrons. The molecule has 0 heterocycles. The van der Waals surface area contributed by atoms with Gasteiger partial charge in [-0.1, -0.05) is 357 Å². The molecule has 0 rings (SSSR count). The van der Waals surface area contributed by atoms with E-state index < -0.39 is 97.5 Å². The minimum Gasteiger partial charge on any atom is -0.462 e. The zero-order valence-electron chi connectivity index (χ0n) is 64.3. The number of carbonyl (C=O) groups excluding carboxylic acids is 4. The monoisotopic (exact) mass is 1440 g/mol. The summed E-state index contributed by atoms with van der Waals surface area (Å²) in [4.78, 5) is 72.8. The Morgan fingerprint density at radius 2 is 0.469 bits per heavy atom. The Morgan fingerprint density at radius 1 is 0.276 bits per heavy atom. The van der Waals surface area contributed by atoms with Crippen LogP contribution in [0.1, 0.15) is 408 Å². The van der Waals surface area contributed by atoms with Crippen LogP contribution in [-0.2, 0) is 65.4 Å². The lowest BCUT2D eigenvalue weighted by molar-refractivity contribution is -0.161. The fraction of sp³-hybridized carbons (Fsp3) is 0.949. The number of ether oxygens (including phenoxy) is 4. The Balaban J connectivity index is 5.18. The van der Waals surface area contributed by atoms with Crippen molar-refractivity contribution in [3.05, 3.63) is 0 Å². The Morgan fingerprint density at radius 3 is 0.694 bits per heavy atom. The van der Waals surface area contributed by atoms with E-state index in [4.69, 9.17) is 37.0 Å². The van der Waals surface area contributed by atoms with Crippen molar-refractivity contribution in [2.45, 2.75) is 426 Å². The lowest BCUT2D eigenvalue weighted by Crippen LogP contribution is -2.30. The molecule has 0 saturated carbocycles. The van der Waals surface area contributed by atoms with E-state index in [-0.39, 0.29) is 25.7 Å². The number of aliphatic hydroxyl groups excluding tert-OH is 1. The van der Waals surface area contributed by atoms with Gasteiger partial charge in [0.1, 0.15) is 19.3 Å². The topological polar surface area (TPSA) is 237 Å². The van der Waals surface area contributed by atoms with Gasteiger partial charge in [-0.3, -0.25) is 37.3 Å². The Kier molecular flexibility index (Phi) is 68.1. The summed E-state index contributed by atoms with van der Waals surface area (Å²) < 4.78 is 68.5. The molecule has 0 aliphatic carbocycles.